The van der Waals surface area contributed by atoms with Gasteiger partial charge in [0.25, 0.3) is 5.91 Å². The SMILES string of the molecule is COc1ccc(NC(=O)[C@@H]2c3ccccc3C(=O)N(C)[C@H]2c2cccs2)cc1Cl. The monoisotopic (exact) mass is 426 g/mol. The number of hydrogen-bond acceptors (Lipinski definition) is 4. The minimum absolute atomic E-state index is 0.0875. The summed E-state index contributed by atoms with van der Waals surface area (Å²) in [6, 6.07) is 15.9. The highest BCUT2D eigenvalue weighted by atomic mass is 35.5. The van der Waals surface area contributed by atoms with E-state index >= 15 is 0 Å². The summed E-state index contributed by atoms with van der Waals surface area (Å²) < 4.78 is 5.17. The number of hydrogen-bond donors (Lipinski definition) is 1. The molecule has 0 saturated carbocycles. The molecule has 5 nitrogen and oxygen atoms in total. The van der Waals surface area contributed by atoms with Crippen LogP contribution in [0.2, 0.25) is 5.02 Å². The van der Waals surface area contributed by atoms with Gasteiger partial charge in [0.2, 0.25) is 5.91 Å². The summed E-state index contributed by atoms with van der Waals surface area (Å²) in [6.45, 7) is 0. The highest BCUT2D eigenvalue weighted by Crippen LogP contribution is 2.44. The first kappa shape index (κ1) is 19.5. The molecule has 2 heterocycles. The van der Waals surface area contributed by atoms with E-state index in [2.05, 4.69) is 5.32 Å². The first-order chi connectivity index (χ1) is 14.0. The fourth-order valence-corrected chi connectivity index (χ4v) is 4.90. The summed E-state index contributed by atoms with van der Waals surface area (Å²) in [6.07, 6.45) is 0. The minimum atomic E-state index is -0.548. The smallest absolute Gasteiger partial charge is 0.254 e. The molecule has 0 saturated heterocycles. The molecule has 1 aliphatic rings. The van der Waals surface area contributed by atoms with Crippen molar-refractivity contribution in [1.82, 2.24) is 4.90 Å². The molecule has 1 N–H and O–H groups in total. The first-order valence-electron chi connectivity index (χ1n) is 9.05. The minimum Gasteiger partial charge on any atom is -0.495 e. The van der Waals surface area contributed by atoms with E-state index in [-0.39, 0.29) is 17.9 Å². The molecule has 0 aliphatic carbocycles. The van der Waals surface area contributed by atoms with Gasteiger partial charge in [-0.3, -0.25) is 9.59 Å². The Balaban J connectivity index is 1.75. The third-order valence-electron chi connectivity index (χ3n) is 5.12. The van der Waals surface area contributed by atoms with Crippen LogP contribution in [0.15, 0.2) is 60.0 Å². The maximum absolute atomic E-state index is 13.4. The molecule has 4 rings (SSSR count). The second-order valence-corrected chi connectivity index (χ2v) is 8.17. The van der Waals surface area contributed by atoms with Crippen LogP contribution in [-0.4, -0.2) is 30.9 Å². The number of amides is 2. The Morgan fingerprint density at radius 2 is 1.97 bits per heavy atom. The van der Waals surface area contributed by atoms with Gasteiger partial charge in [-0.15, -0.1) is 11.3 Å². The predicted molar refractivity (Wildman–Crippen MR) is 115 cm³/mol. The molecular formula is C22H19ClN2O3S. The van der Waals surface area contributed by atoms with Crippen LogP contribution in [0.3, 0.4) is 0 Å². The van der Waals surface area contributed by atoms with Crippen LogP contribution >= 0.6 is 22.9 Å². The predicted octanol–water partition coefficient (Wildman–Crippen LogP) is 4.96. The van der Waals surface area contributed by atoms with Crippen LogP contribution in [-0.2, 0) is 4.79 Å². The number of nitrogens with one attached hydrogen (secondary N) is 1. The summed E-state index contributed by atoms with van der Waals surface area (Å²) in [5, 5.41) is 5.32. The van der Waals surface area contributed by atoms with Gasteiger partial charge in [-0.1, -0.05) is 35.9 Å². The van der Waals surface area contributed by atoms with Gasteiger partial charge < -0.3 is 15.0 Å². The zero-order chi connectivity index (χ0) is 20.5. The summed E-state index contributed by atoms with van der Waals surface area (Å²) in [5.74, 6) is -0.296. The molecule has 0 spiro atoms. The molecule has 148 valence electrons. The van der Waals surface area contributed by atoms with Crippen LogP contribution < -0.4 is 10.1 Å². The second-order valence-electron chi connectivity index (χ2n) is 6.78. The molecular weight excluding hydrogens is 408 g/mol. The lowest BCUT2D eigenvalue weighted by atomic mass is 9.81. The number of nitrogens with zero attached hydrogens (tertiary/aromatic N) is 1. The van der Waals surface area contributed by atoms with Crippen LogP contribution in [0.4, 0.5) is 5.69 Å². The molecule has 0 bridgehead atoms. The number of anilines is 1. The zero-order valence-corrected chi connectivity index (χ0v) is 17.5. The summed E-state index contributed by atoms with van der Waals surface area (Å²) >= 11 is 7.74. The number of fused-ring (bicyclic) bond motifs is 1. The second kappa shape index (κ2) is 7.89. The van der Waals surface area contributed by atoms with Crippen molar-refractivity contribution in [2.45, 2.75) is 12.0 Å². The van der Waals surface area contributed by atoms with Crippen molar-refractivity contribution < 1.29 is 14.3 Å². The molecule has 1 aromatic heterocycles. The van der Waals surface area contributed by atoms with Gasteiger partial charge in [-0.2, -0.15) is 0 Å². The molecule has 0 radical (unpaired) electrons. The van der Waals surface area contributed by atoms with E-state index in [1.165, 1.54) is 18.4 Å². The lowest BCUT2D eigenvalue weighted by Crippen LogP contribution is -2.43. The van der Waals surface area contributed by atoms with Gasteiger partial charge in [-0.05, 0) is 41.3 Å². The number of thiophene rings is 1. The van der Waals surface area contributed by atoms with Gasteiger partial charge in [0.15, 0.2) is 0 Å². The van der Waals surface area contributed by atoms with E-state index in [1.807, 2.05) is 35.7 Å². The maximum Gasteiger partial charge on any atom is 0.254 e. The van der Waals surface area contributed by atoms with Crippen molar-refractivity contribution >= 4 is 40.4 Å². The number of halogens is 1. The fraction of sp³-hybridized carbons (Fsp3) is 0.182. The van der Waals surface area contributed by atoms with E-state index in [1.54, 1.807) is 36.2 Å². The summed E-state index contributed by atoms with van der Waals surface area (Å²) in [7, 11) is 3.28. The number of rotatable bonds is 4. The zero-order valence-electron chi connectivity index (χ0n) is 15.9. The number of likely N-dealkylation sites (N-methyl/N-ethyl adjacent to an activating group) is 1. The Bertz CT molecular complexity index is 1070. The van der Waals surface area contributed by atoms with Crippen molar-refractivity contribution in [3.63, 3.8) is 0 Å². The number of benzene rings is 2. The third-order valence-corrected chi connectivity index (χ3v) is 6.35. The number of methoxy groups -OCH3 is 1. The van der Waals surface area contributed by atoms with Crippen molar-refractivity contribution in [2.24, 2.45) is 0 Å². The number of ether oxygens (including phenoxy) is 1. The maximum atomic E-state index is 13.4. The molecule has 29 heavy (non-hydrogen) atoms. The lowest BCUT2D eigenvalue weighted by molar-refractivity contribution is -0.119. The Labute approximate surface area is 177 Å². The van der Waals surface area contributed by atoms with Gasteiger partial charge in [-0.25, -0.2) is 0 Å². The van der Waals surface area contributed by atoms with Gasteiger partial charge in [0.1, 0.15) is 5.75 Å². The van der Waals surface area contributed by atoms with Crippen molar-refractivity contribution in [2.75, 3.05) is 19.5 Å². The topological polar surface area (TPSA) is 58.6 Å². The molecule has 3 aromatic rings. The lowest BCUT2D eigenvalue weighted by Gasteiger charge is -2.39. The van der Waals surface area contributed by atoms with Gasteiger partial charge in [0, 0.05) is 23.2 Å². The fourth-order valence-electron chi connectivity index (χ4n) is 3.74. The molecule has 2 atom stereocenters. The van der Waals surface area contributed by atoms with Crippen LogP contribution in [0.1, 0.15) is 32.8 Å². The summed E-state index contributed by atoms with van der Waals surface area (Å²) in [4.78, 5) is 29.0. The highest BCUT2D eigenvalue weighted by molar-refractivity contribution is 7.10. The first-order valence-corrected chi connectivity index (χ1v) is 10.3. The van der Waals surface area contributed by atoms with E-state index in [9.17, 15) is 9.59 Å². The Morgan fingerprint density at radius 3 is 2.66 bits per heavy atom. The molecule has 7 heteroatoms. The summed E-state index contributed by atoms with van der Waals surface area (Å²) in [5.41, 5.74) is 1.85. The quantitative estimate of drug-likeness (QED) is 0.641. The Kier molecular flexibility index (Phi) is 5.30. The van der Waals surface area contributed by atoms with Crippen LogP contribution in [0.25, 0.3) is 0 Å². The molecule has 0 fully saturated rings. The average molecular weight is 427 g/mol. The molecule has 2 amide bonds. The Morgan fingerprint density at radius 1 is 1.17 bits per heavy atom. The Hall–Kier alpha value is -2.83. The average Bonchev–Trinajstić information content (AvgIpc) is 3.25. The van der Waals surface area contributed by atoms with E-state index in [0.29, 0.717) is 22.0 Å². The van der Waals surface area contributed by atoms with Gasteiger partial charge in [0.05, 0.1) is 24.1 Å². The van der Waals surface area contributed by atoms with E-state index in [4.69, 9.17) is 16.3 Å². The van der Waals surface area contributed by atoms with E-state index < -0.39 is 5.92 Å². The van der Waals surface area contributed by atoms with Crippen LogP contribution in [0.5, 0.6) is 5.75 Å². The standard InChI is InChI=1S/C22H19ClN2O3S/c1-25-20(18-8-5-11-29-18)19(14-6-3-4-7-15(14)22(25)27)21(26)24-13-9-10-17(28-2)16(23)12-13/h3-12,19-20H,1-2H3,(H,24,26)/t19-,20+/m1/s1. The largest absolute Gasteiger partial charge is 0.495 e. The normalized spacial score (nSPS) is 18.3. The van der Waals surface area contributed by atoms with Crippen molar-refractivity contribution in [1.29, 1.82) is 0 Å². The van der Waals surface area contributed by atoms with Gasteiger partial charge >= 0.3 is 0 Å². The number of carbonyl (C=O) groups excluding carboxylic acids is 2. The van der Waals surface area contributed by atoms with Crippen molar-refractivity contribution in [3.8, 4) is 5.75 Å². The van der Waals surface area contributed by atoms with Crippen molar-refractivity contribution in [3.05, 3.63) is 81.0 Å². The van der Waals surface area contributed by atoms with E-state index in [0.717, 1.165) is 10.4 Å². The molecule has 2 aromatic carbocycles. The van der Waals surface area contributed by atoms with Crippen LogP contribution in [0, 0.1) is 0 Å². The third kappa shape index (κ3) is 3.50. The number of carbonyl (C=O) groups is 2. The highest BCUT2D eigenvalue weighted by Gasteiger charge is 2.43. The molecule has 1 aliphatic heterocycles. The molecule has 0 unspecified atom stereocenters.